The summed E-state index contributed by atoms with van der Waals surface area (Å²) in [6.45, 7) is 4.47. The Kier molecular flexibility index (Phi) is 7.62. The van der Waals surface area contributed by atoms with Crippen LogP contribution in [0.3, 0.4) is 0 Å². The summed E-state index contributed by atoms with van der Waals surface area (Å²) in [6.07, 6.45) is 3.14. The first-order valence-electron chi connectivity index (χ1n) is 5.88. The van der Waals surface area contributed by atoms with E-state index < -0.39 is 10.1 Å². The van der Waals surface area contributed by atoms with E-state index in [1.807, 2.05) is 12.1 Å². The minimum atomic E-state index is -3.67. The minimum absolute atomic E-state index is 0.700. The summed E-state index contributed by atoms with van der Waals surface area (Å²) in [4.78, 5) is 0. The summed E-state index contributed by atoms with van der Waals surface area (Å²) in [5.74, 6) is 1.64. The average Bonchev–Trinajstić information content (AvgIpc) is 2.29. The highest BCUT2D eigenvalue weighted by Crippen LogP contribution is 2.24. The first-order chi connectivity index (χ1) is 8.31. The van der Waals surface area contributed by atoms with Gasteiger partial charge in [-0.3, -0.25) is 4.55 Å². The number of hydrogen-bond donors (Lipinski definition) is 1. The number of hydrogen-bond acceptors (Lipinski definition) is 3. The molecule has 0 saturated carbocycles. The summed E-state index contributed by atoms with van der Waals surface area (Å²) in [7, 11) is -1.97. The molecule has 104 valence electrons. The molecule has 0 bridgehead atoms. The molecular weight excluding hydrogens is 252 g/mol. The molecule has 0 aliphatic rings. The number of ether oxygens (including phenoxy) is 1. The van der Waals surface area contributed by atoms with E-state index in [0.717, 1.165) is 5.75 Å². The Bertz CT molecular complexity index is 411. The normalized spacial score (nSPS) is 10.8. The SMILES string of the molecule is CCC(CC)c1ccc(OC)cc1.CS(=O)(=O)O. The van der Waals surface area contributed by atoms with Gasteiger partial charge >= 0.3 is 0 Å². The van der Waals surface area contributed by atoms with Crippen molar-refractivity contribution in [1.29, 1.82) is 0 Å². The van der Waals surface area contributed by atoms with Gasteiger partial charge in [-0.2, -0.15) is 8.42 Å². The van der Waals surface area contributed by atoms with Gasteiger partial charge in [-0.15, -0.1) is 0 Å². The molecule has 1 aromatic carbocycles. The zero-order valence-electron chi connectivity index (χ0n) is 11.4. The van der Waals surface area contributed by atoms with Gasteiger partial charge in [-0.05, 0) is 36.5 Å². The third-order valence-corrected chi connectivity index (χ3v) is 2.57. The van der Waals surface area contributed by atoms with Crippen LogP contribution in [0.25, 0.3) is 0 Å². The van der Waals surface area contributed by atoms with Crippen LogP contribution in [0.15, 0.2) is 24.3 Å². The molecule has 5 heteroatoms. The standard InChI is InChI=1S/C12H18O.CH4O3S/c1-4-10(5-2)11-6-8-12(13-3)9-7-11;1-5(2,3)4/h6-10H,4-5H2,1-3H3;1H3,(H,2,3,4). The number of rotatable bonds is 4. The molecule has 0 aliphatic carbocycles. The molecule has 0 heterocycles. The molecule has 1 rings (SSSR count). The van der Waals surface area contributed by atoms with Crippen LogP contribution in [-0.4, -0.2) is 26.3 Å². The van der Waals surface area contributed by atoms with Crippen molar-refractivity contribution < 1.29 is 17.7 Å². The molecule has 1 N–H and O–H groups in total. The van der Waals surface area contributed by atoms with E-state index in [9.17, 15) is 8.42 Å². The third-order valence-electron chi connectivity index (χ3n) is 2.57. The van der Waals surface area contributed by atoms with Gasteiger partial charge in [-0.1, -0.05) is 26.0 Å². The van der Waals surface area contributed by atoms with Crippen molar-refractivity contribution in [2.75, 3.05) is 13.4 Å². The second kappa shape index (κ2) is 8.11. The lowest BCUT2D eigenvalue weighted by atomic mass is 9.94. The van der Waals surface area contributed by atoms with Gasteiger partial charge in [0.25, 0.3) is 10.1 Å². The smallest absolute Gasteiger partial charge is 0.261 e. The Labute approximate surface area is 110 Å². The largest absolute Gasteiger partial charge is 0.497 e. The van der Waals surface area contributed by atoms with E-state index in [2.05, 4.69) is 26.0 Å². The average molecular weight is 274 g/mol. The van der Waals surface area contributed by atoms with E-state index in [1.54, 1.807) is 7.11 Å². The van der Waals surface area contributed by atoms with E-state index >= 15 is 0 Å². The molecular formula is C13H22O4S. The minimum Gasteiger partial charge on any atom is -0.497 e. The maximum atomic E-state index is 9.19. The van der Waals surface area contributed by atoms with Gasteiger partial charge in [-0.25, -0.2) is 0 Å². The molecule has 0 fully saturated rings. The van der Waals surface area contributed by atoms with Crippen LogP contribution in [0.5, 0.6) is 5.75 Å². The zero-order chi connectivity index (χ0) is 14.2. The van der Waals surface area contributed by atoms with Crippen LogP contribution in [0, 0.1) is 0 Å². The highest BCUT2D eigenvalue weighted by molar-refractivity contribution is 7.85. The summed E-state index contributed by atoms with van der Waals surface area (Å²) in [5, 5.41) is 0. The molecule has 0 atom stereocenters. The molecule has 0 amide bonds. The lowest BCUT2D eigenvalue weighted by molar-refractivity contribution is 0.414. The summed E-state index contributed by atoms with van der Waals surface area (Å²) >= 11 is 0. The molecule has 0 radical (unpaired) electrons. The van der Waals surface area contributed by atoms with Gasteiger partial charge < -0.3 is 4.74 Å². The molecule has 0 spiro atoms. The Morgan fingerprint density at radius 1 is 1.17 bits per heavy atom. The maximum Gasteiger partial charge on any atom is 0.261 e. The molecule has 0 aliphatic heterocycles. The van der Waals surface area contributed by atoms with Crippen LogP contribution in [0.1, 0.15) is 38.2 Å². The highest BCUT2D eigenvalue weighted by atomic mass is 32.2. The molecule has 4 nitrogen and oxygen atoms in total. The fourth-order valence-corrected chi connectivity index (χ4v) is 1.64. The van der Waals surface area contributed by atoms with Crippen molar-refractivity contribution >= 4 is 10.1 Å². The Hall–Kier alpha value is -1.07. The van der Waals surface area contributed by atoms with Crippen LogP contribution in [-0.2, 0) is 10.1 Å². The van der Waals surface area contributed by atoms with Gasteiger partial charge in [0.2, 0.25) is 0 Å². The van der Waals surface area contributed by atoms with E-state index in [4.69, 9.17) is 9.29 Å². The van der Waals surface area contributed by atoms with Gasteiger partial charge in [0.05, 0.1) is 13.4 Å². The fourth-order valence-electron chi connectivity index (χ4n) is 1.64. The zero-order valence-corrected chi connectivity index (χ0v) is 12.2. The van der Waals surface area contributed by atoms with Crippen molar-refractivity contribution in [3.05, 3.63) is 29.8 Å². The lowest BCUT2D eigenvalue weighted by Gasteiger charge is -2.12. The van der Waals surface area contributed by atoms with Crippen molar-refractivity contribution in [3.63, 3.8) is 0 Å². The Morgan fingerprint density at radius 3 is 1.83 bits per heavy atom. The Balaban J connectivity index is 0.000000494. The van der Waals surface area contributed by atoms with Crippen LogP contribution < -0.4 is 4.74 Å². The summed E-state index contributed by atoms with van der Waals surface area (Å²) in [6, 6.07) is 8.40. The maximum absolute atomic E-state index is 9.19. The Morgan fingerprint density at radius 2 is 1.56 bits per heavy atom. The second-order valence-electron chi connectivity index (χ2n) is 4.02. The number of benzene rings is 1. The van der Waals surface area contributed by atoms with Gasteiger partial charge in [0, 0.05) is 0 Å². The predicted octanol–water partition coefficient (Wildman–Crippen LogP) is 3.10. The first kappa shape index (κ1) is 16.9. The summed E-state index contributed by atoms with van der Waals surface area (Å²) < 4.78 is 31.0. The van der Waals surface area contributed by atoms with Crippen LogP contribution >= 0.6 is 0 Å². The van der Waals surface area contributed by atoms with Crippen molar-refractivity contribution in [1.82, 2.24) is 0 Å². The predicted molar refractivity (Wildman–Crippen MR) is 73.8 cm³/mol. The topological polar surface area (TPSA) is 63.6 Å². The van der Waals surface area contributed by atoms with E-state index in [-0.39, 0.29) is 0 Å². The van der Waals surface area contributed by atoms with Crippen molar-refractivity contribution in [3.8, 4) is 5.75 Å². The van der Waals surface area contributed by atoms with Crippen LogP contribution in [0.2, 0.25) is 0 Å². The third kappa shape index (κ3) is 8.08. The first-order valence-corrected chi connectivity index (χ1v) is 7.73. The molecule has 1 aromatic rings. The fraction of sp³-hybridized carbons (Fsp3) is 0.538. The summed E-state index contributed by atoms with van der Waals surface area (Å²) in [5.41, 5.74) is 1.42. The van der Waals surface area contributed by atoms with E-state index in [1.165, 1.54) is 18.4 Å². The molecule has 0 aromatic heterocycles. The molecule has 0 saturated heterocycles. The van der Waals surface area contributed by atoms with Crippen LogP contribution in [0.4, 0.5) is 0 Å². The van der Waals surface area contributed by atoms with Crippen molar-refractivity contribution in [2.24, 2.45) is 0 Å². The second-order valence-corrected chi connectivity index (χ2v) is 5.49. The monoisotopic (exact) mass is 274 g/mol. The molecule has 18 heavy (non-hydrogen) atoms. The lowest BCUT2D eigenvalue weighted by Crippen LogP contribution is -1.94. The molecule has 0 unspecified atom stereocenters. The number of methoxy groups -OCH3 is 1. The van der Waals surface area contributed by atoms with Crippen molar-refractivity contribution in [2.45, 2.75) is 32.6 Å². The quantitative estimate of drug-likeness (QED) is 0.857. The van der Waals surface area contributed by atoms with Gasteiger partial charge in [0.15, 0.2) is 0 Å². The van der Waals surface area contributed by atoms with E-state index in [0.29, 0.717) is 12.2 Å². The van der Waals surface area contributed by atoms with Gasteiger partial charge in [0.1, 0.15) is 5.75 Å². The highest BCUT2D eigenvalue weighted by Gasteiger charge is 2.05.